The number of hydrogen-bond acceptors (Lipinski definition) is 4. The van der Waals surface area contributed by atoms with Crippen molar-refractivity contribution >= 4 is 22.1 Å². The van der Waals surface area contributed by atoms with E-state index in [1.54, 1.807) is 11.3 Å². The molecule has 1 atom stereocenters. The first-order valence-electron chi connectivity index (χ1n) is 7.58. The van der Waals surface area contributed by atoms with E-state index in [0.717, 1.165) is 30.5 Å². The van der Waals surface area contributed by atoms with Gasteiger partial charge in [0.2, 0.25) is 0 Å². The number of anilines is 1. The normalized spacial score (nSPS) is 20.2. The second-order valence-corrected chi connectivity index (χ2v) is 7.04. The Balaban J connectivity index is 1.91. The maximum Gasteiger partial charge on any atom is 0.195 e. The lowest BCUT2D eigenvalue weighted by Gasteiger charge is -2.32. The largest absolute Gasteiger partial charge is 0.355 e. The van der Waals surface area contributed by atoms with Gasteiger partial charge in [0.05, 0.1) is 5.69 Å². The fourth-order valence-corrected chi connectivity index (χ4v) is 3.65. The number of fused-ring (bicyclic) bond motifs is 1. The van der Waals surface area contributed by atoms with Crippen molar-refractivity contribution in [3.63, 3.8) is 0 Å². The molecule has 0 radical (unpaired) electrons. The number of thiazole rings is 1. The molecule has 1 aliphatic heterocycles. The Kier molecular flexibility index (Phi) is 3.98. The van der Waals surface area contributed by atoms with E-state index in [0.29, 0.717) is 6.04 Å². The highest BCUT2D eigenvalue weighted by molar-refractivity contribution is 7.15. The highest BCUT2D eigenvalue weighted by Crippen LogP contribution is 2.28. The molecule has 1 saturated heterocycles. The van der Waals surface area contributed by atoms with Crippen LogP contribution in [0.25, 0.3) is 4.96 Å². The average Bonchev–Trinajstić information content (AvgIpc) is 2.96. The van der Waals surface area contributed by atoms with Crippen LogP contribution < -0.4 is 10.2 Å². The molecule has 1 N–H and O–H groups in total. The van der Waals surface area contributed by atoms with Gasteiger partial charge in [-0.2, -0.15) is 0 Å². The summed E-state index contributed by atoms with van der Waals surface area (Å²) in [5, 5.41) is 5.65. The number of piperidine rings is 1. The molecule has 4 nitrogen and oxygen atoms in total. The Morgan fingerprint density at radius 1 is 1.50 bits per heavy atom. The summed E-state index contributed by atoms with van der Waals surface area (Å²) in [6.07, 6.45) is 4.77. The molecule has 0 saturated carbocycles. The molecule has 1 aliphatic rings. The van der Waals surface area contributed by atoms with Crippen LogP contribution in [0.1, 0.15) is 39.3 Å². The number of aromatic nitrogens is 2. The SMILES string of the molecule is CC1CCCN(c2nc3sccn3c2CNC(C)C)C1. The van der Waals surface area contributed by atoms with Gasteiger partial charge in [0, 0.05) is 37.3 Å². The summed E-state index contributed by atoms with van der Waals surface area (Å²) in [6, 6.07) is 0.493. The van der Waals surface area contributed by atoms with Crippen LogP contribution in [0.2, 0.25) is 0 Å². The average molecular weight is 292 g/mol. The van der Waals surface area contributed by atoms with Crippen molar-refractivity contribution in [3.05, 3.63) is 17.3 Å². The van der Waals surface area contributed by atoms with Gasteiger partial charge in [-0.3, -0.25) is 4.40 Å². The van der Waals surface area contributed by atoms with Crippen LogP contribution in [0.15, 0.2) is 11.6 Å². The minimum Gasteiger partial charge on any atom is -0.355 e. The molecule has 2 aromatic heterocycles. The molecule has 20 heavy (non-hydrogen) atoms. The van der Waals surface area contributed by atoms with Crippen molar-refractivity contribution in [3.8, 4) is 0 Å². The lowest BCUT2D eigenvalue weighted by Crippen LogP contribution is -2.35. The highest BCUT2D eigenvalue weighted by Gasteiger charge is 2.23. The van der Waals surface area contributed by atoms with Crippen molar-refractivity contribution in [2.75, 3.05) is 18.0 Å². The third-order valence-electron chi connectivity index (χ3n) is 3.97. The maximum absolute atomic E-state index is 4.88. The Hall–Kier alpha value is -1.07. The molecular weight excluding hydrogens is 268 g/mol. The van der Waals surface area contributed by atoms with E-state index < -0.39 is 0 Å². The predicted molar refractivity (Wildman–Crippen MR) is 85.7 cm³/mol. The first-order chi connectivity index (χ1) is 9.65. The number of imidazole rings is 1. The molecule has 0 aliphatic carbocycles. The number of rotatable bonds is 4. The first kappa shape index (κ1) is 13.9. The van der Waals surface area contributed by atoms with E-state index in [2.05, 4.69) is 47.0 Å². The van der Waals surface area contributed by atoms with Crippen LogP contribution in [0.5, 0.6) is 0 Å². The molecule has 1 fully saturated rings. The number of nitrogens with zero attached hydrogens (tertiary/aromatic N) is 3. The van der Waals surface area contributed by atoms with Crippen LogP contribution in [0, 0.1) is 5.92 Å². The van der Waals surface area contributed by atoms with Gasteiger partial charge in [-0.25, -0.2) is 4.98 Å². The summed E-state index contributed by atoms with van der Waals surface area (Å²) in [5.41, 5.74) is 1.31. The summed E-state index contributed by atoms with van der Waals surface area (Å²) in [7, 11) is 0. The van der Waals surface area contributed by atoms with Crippen LogP contribution >= 0.6 is 11.3 Å². The predicted octanol–water partition coefficient (Wildman–Crippen LogP) is 3.13. The molecule has 0 aromatic carbocycles. The van der Waals surface area contributed by atoms with E-state index >= 15 is 0 Å². The Morgan fingerprint density at radius 2 is 2.35 bits per heavy atom. The fraction of sp³-hybridized carbons (Fsp3) is 0.667. The summed E-state index contributed by atoms with van der Waals surface area (Å²) >= 11 is 1.72. The van der Waals surface area contributed by atoms with E-state index in [1.165, 1.54) is 24.4 Å². The van der Waals surface area contributed by atoms with Gasteiger partial charge in [0.1, 0.15) is 0 Å². The lowest BCUT2D eigenvalue weighted by atomic mass is 10.0. The van der Waals surface area contributed by atoms with E-state index in [-0.39, 0.29) is 0 Å². The third-order valence-corrected chi connectivity index (χ3v) is 4.73. The zero-order chi connectivity index (χ0) is 14.1. The molecule has 0 bridgehead atoms. The van der Waals surface area contributed by atoms with Crippen LogP contribution in [-0.2, 0) is 6.54 Å². The maximum atomic E-state index is 4.88. The molecule has 5 heteroatoms. The number of hydrogen-bond donors (Lipinski definition) is 1. The minimum atomic E-state index is 0.493. The smallest absolute Gasteiger partial charge is 0.195 e. The van der Waals surface area contributed by atoms with E-state index in [1.807, 2.05) is 0 Å². The topological polar surface area (TPSA) is 32.6 Å². The summed E-state index contributed by atoms with van der Waals surface area (Å²) < 4.78 is 2.24. The van der Waals surface area contributed by atoms with Gasteiger partial charge in [0.25, 0.3) is 0 Å². The van der Waals surface area contributed by atoms with Crippen LogP contribution in [0.3, 0.4) is 0 Å². The molecular formula is C15H24N4S. The van der Waals surface area contributed by atoms with Crippen molar-refractivity contribution < 1.29 is 0 Å². The molecule has 2 aromatic rings. The molecule has 0 amide bonds. The van der Waals surface area contributed by atoms with Gasteiger partial charge in [-0.15, -0.1) is 11.3 Å². The Bertz CT molecular complexity index is 571. The first-order valence-corrected chi connectivity index (χ1v) is 8.46. The molecule has 3 rings (SSSR count). The van der Waals surface area contributed by atoms with E-state index in [4.69, 9.17) is 4.98 Å². The quantitative estimate of drug-likeness (QED) is 0.939. The molecule has 0 spiro atoms. The van der Waals surface area contributed by atoms with Crippen LogP contribution in [-0.4, -0.2) is 28.5 Å². The summed E-state index contributed by atoms with van der Waals surface area (Å²) in [4.78, 5) is 8.46. The van der Waals surface area contributed by atoms with Gasteiger partial charge in [0.15, 0.2) is 10.8 Å². The standard InChI is InChI=1S/C15H24N4S/c1-11(2)16-9-13-14(17-15-19(13)7-8-20-15)18-6-4-5-12(3)10-18/h7-8,11-12,16H,4-6,9-10H2,1-3H3. The van der Waals surface area contributed by atoms with Crippen molar-refractivity contribution in [2.24, 2.45) is 5.92 Å². The monoisotopic (exact) mass is 292 g/mol. The van der Waals surface area contributed by atoms with Gasteiger partial charge >= 0.3 is 0 Å². The minimum absolute atomic E-state index is 0.493. The van der Waals surface area contributed by atoms with E-state index in [9.17, 15) is 0 Å². The van der Waals surface area contributed by atoms with Crippen LogP contribution in [0.4, 0.5) is 5.82 Å². The third kappa shape index (κ3) is 2.69. The van der Waals surface area contributed by atoms with Crippen molar-refractivity contribution in [1.82, 2.24) is 14.7 Å². The zero-order valence-electron chi connectivity index (χ0n) is 12.6. The molecule has 3 heterocycles. The second kappa shape index (κ2) is 5.74. The van der Waals surface area contributed by atoms with Gasteiger partial charge in [-0.1, -0.05) is 20.8 Å². The summed E-state index contributed by atoms with van der Waals surface area (Å²) in [6.45, 7) is 9.89. The Morgan fingerprint density at radius 3 is 3.10 bits per heavy atom. The lowest BCUT2D eigenvalue weighted by molar-refractivity contribution is 0.443. The summed E-state index contributed by atoms with van der Waals surface area (Å²) in [5.74, 6) is 1.96. The zero-order valence-corrected chi connectivity index (χ0v) is 13.4. The number of nitrogens with one attached hydrogen (secondary N) is 1. The highest BCUT2D eigenvalue weighted by atomic mass is 32.1. The van der Waals surface area contributed by atoms with Crippen molar-refractivity contribution in [1.29, 1.82) is 0 Å². The fourth-order valence-electron chi connectivity index (χ4n) is 2.92. The molecule has 110 valence electrons. The molecule has 1 unspecified atom stereocenters. The second-order valence-electron chi connectivity index (χ2n) is 6.17. The van der Waals surface area contributed by atoms with Gasteiger partial charge < -0.3 is 10.2 Å². The van der Waals surface area contributed by atoms with Gasteiger partial charge in [-0.05, 0) is 18.8 Å². The Labute approximate surface area is 124 Å². The van der Waals surface area contributed by atoms with Crippen molar-refractivity contribution in [2.45, 2.75) is 46.2 Å².